The molecule has 0 aromatic carbocycles. The molecule has 176 valence electrons. The first-order valence-corrected chi connectivity index (χ1v) is 12.0. The summed E-state index contributed by atoms with van der Waals surface area (Å²) in [5.41, 5.74) is -1.77. The van der Waals surface area contributed by atoms with Crippen LogP contribution < -0.4 is 0 Å². The van der Waals surface area contributed by atoms with Crippen molar-refractivity contribution in [2.75, 3.05) is 27.7 Å². The molecular formula is C25H48NO4+. The lowest BCUT2D eigenvalue weighted by Gasteiger charge is -2.33. The fraction of sp³-hybridized carbons (Fsp3) is 0.840. The zero-order chi connectivity index (χ0) is 22.9. The summed E-state index contributed by atoms with van der Waals surface area (Å²) < 4.78 is 0.351. The molecule has 1 atom stereocenters. The van der Waals surface area contributed by atoms with Crippen molar-refractivity contribution < 1.29 is 24.3 Å². The minimum absolute atomic E-state index is 0.116. The van der Waals surface area contributed by atoms with Crippen LogP contribution in [0.4, 0.5) is 0 Å². The molecule has 0 aliphatic carbocycles. The molecule has 1 unspecified atom stereocenters. The molecule has 0 heterocycles. The van der Waals surface area contributed by atoms with E-state index < -0.39 is 18.0 Å². The van der Waals surface area contributed by atoms with Gasteiger partial charge < -0.3 is 14.7 Å². The van der Waals surface area contributed by atoms with Crippen molar-refractivity contribution in [3.8, 4) is 0 Å². The van der Waals surface area contributed by atoms with Crippen molar-refractivity contribution in [3.05, 3.63) is 12.2 Å². The smallest absolute Gasteiger partial charge is 0.306 e. The fourth-order valence-electron chi connectivity index (χ4n) is 3.87. The van der Waals surface area contributed by atoms with Crippen LogP contribution in [0, 0.1) is 0 Å². The summed E-state index contributed by atoms with van der Waals surface area (Å²) in [6, 6.07) is 0. The Hall–Kier alpha value is -1.20. The van der Waals surface area contributed by atoms with Gasteiger partial charge in [-0.15, -0.1) is 0 Å². The number of unbranched alkanes of at least 4 members (excludes halogenated alkanes) is 11. The predicted octanol–water partition coefficient (Wildman–Crippen LogP) is 5.51. The first-order chi connectivity index (χ1) is 14.1. The molecule has 0 aliphatic heterocycles. The van der Waals surface area contributed by atoms with Gasteiger partial charge in [0.15, 0.2) is 11.4 Å². The van der Waals surface area contributed by atoms with Crippen LogP contribution >= 0.6 is 0 Å². The molecule has 0 fully saturated rings. The number of Topliss-reactive ketones (excluding diaryl/α,β-unsaturated/α-hetero) is 1. The number of quaternary nitrogens is 1. The number of likely N-dealkylation sites (N-methyl/N-ethyl adjacent to an activating group) is 1. The maximum absolute atomic E-state index is 12.5. The van der Waals surface area contributed by atoms with Crippen molar-refractivity contribution in [2.24, 2.45) is 0 Å². The molecule has 5 nitrogen and oxygen atoms in total. The van der Waals surface area contributed by atoms with Crippen molar-refractivity contribution >= 4 is 11.8 Å². The zero-order valence-corrected chi connectivity index (χ0v) is 20.1. The van der Waals surface area contributed by atoms with Crippen molar-refractivity contribution in [1.29, 1.82) is 0 Å². The topological polar surface area (TPSA) is 74.6 Å². The molecule has 0 radical (unpaired) electrons. The average Bonchev–Trinajstić information content (AvgIpc) is 2.62. The minimum Gasteiger partial charge on any atom is -0.481 e. The summed E-state index contributed by atoms with van der Waals surface area (Å²) >= 11 is 0. The number of allylic oxidation sites excluding steroid dienone is 2. The van der Waals surface area contributed by atoms with Crippen LogP contribution in [0.5, 0.6) is 0 Å². The molecule has 2 N–H and O–H groups in total. The predicted molar refractivity (Wildman–Crippen MR) is 125 cm³/mol. The Kier molecular flexibility index (Phi) is 15.8. The Morgan fingerprint density at radius 1 is 0.800 bits per heavy atom. The highest BCUT2D eigenvalue weighted by molar-refractivity contribution is 5.90. The Bertz CT molecular complexity index is 496. The van der Waals surface area contributed by atoms with Crippen molar-refractivity contribution in [3.63, 3.8) is 0 Å². The second-order valence-electron chi connectivity index (χ2n) is 9.81. The number of rotatable bonds is 20. The molecule has 0 saturated heterocycles. The summed E-state index contributed by atoms with van der Waals surface area (Å²) in [6.07, 6.45) is 19.8. The number of ketones is 1. The van der Waals surface area contributed by atoms with Gasteiger partial charge in [-0.1, -0.05) is 70.4 Å². The lowest BCUT2D eigenvalue weighted by Crippen LogP contribution is -2.54. The third-order valence-corrected chi connectivity index (χ3v) is 5.36. The number of carbonyl (C=O) groups is 2. The quantitative estimate of drug-likeness (QED) is 0.153. The van der Waals surface area contributed by atoms with Gasteiger partial charge in [-0.25, -0.2) is 0 Å². The minimum atomic E-state index is -1.77. The molecule has 0 saturated carbocycles. The Morgan fingerprint density at radius 2 is 1.27 bits per heavy atom. The monoisotopic (exact) mass is 426 g/mol. The van der Waals surface area contributed by atoms with E-state index in [0.717, 1.165) is 19.3 Å². The fourth-order valence-corrected chi connectivity index (χ4v) is 3.87. The van der Waals surface area contributed by atoms with Gasteiger partial charge in [-0.3, -0.25) is 9.59 Å². The third-order valence-electron chi connectivity index (χ3n) is 5.36. The van der Waals surface area contributed by atoms with Crippen molar-refractivity contribution in [1.82, 2.24) is 0 Å². The highest BCUT2D eigenvalue weighted by atomic mass is 16.4. The maximum atomic E-state index is 12.5. The number of aliphatic carboxylic acids is 1. The van der Waals surface area contributed by atoms with Crippen LogP contribution in [0.1, 0.15) is 103 Å². The number of carboxylic acid groups (broad SMARTS) is 1. The highest BCUT2D eigenvalue weighted by Crippen LogP contribution is 2.20. The molecule has 0 aromatic heterocycles. The van der Waals surface area contributed by atoms with Crippen LogP contribution in [0.3, 0.4) is 0 Å². The van der Waals surface area contributed by atoms with E-state index >= 15 is 0 Å². The summed E-state index contributed by atoms with van der Waals surface area (Å²) in [4.78, 5) is 23.6. The van der Waals surface area contributed by atoms with E-state index in [1.165, 1.54) is 64.2 Å². The third kappa shape index (κ3) is 16.6. The Balaban J connectivity index is 3.82. The molecule has 0 rings (SSSR count). The first-order valence-electron chi connectivity index (χ1n) is 12.0. The van der Waals surface area contributed by atoms with Crippen LogP contribution in [0.2, 0.25) is 0 Å². The SMILES string of the molecule is CCCCCCC=CCCCCCCCCCC(=O)C(O)(CC(=O)O)C[N+](C)(C)C. The zero-order valence-electron chi connectivity index (χ0n) is 20.1. The highest BCUT2D eigenvalue weighted by Gasteiger charge is 2.42. The second-order valence-corrected chi connectivity index (χ2v) is 9.81. The largest absolute Gasteiger partial charge is 0.481 e. The Morgan fingerprint density at radius 3 is 1.73 bits per heavy atom. The Labute approximate surface area is 185 Å². The van der Waals surface area contributed by atoms with Gasteiger partial charge in [-0.05, 0) is 32.1 Å². The van der Waals surface area contributed by atoms with Crippen molar-refractivity contribution in [2.45, 2.75) is 109 Å². The van der Waals surface area contributed by atoms with Gasteiger partial charge in [0.2, 0.25) is 0 Å². The number of carbonyl (C=O) groups excluding carboxylic acids is 1. The molecule has 0 bridgehead atoms. The standard InChI is InChI=1S/C25H47NO4/c1-5-6-7-8-9-10-11-12-13-14-15-16-17-18-19-20-23(27)25(30,21-24(28)29)22-26(2,3)4/h10-11,30H,5-9,12-22H2,1-4H3/p+1. The normalized spacial score (nSPS) is 14.2. The van der Waals surface area contributed by atoms with Crippen LogP contribution in [0.25, 0.3) is 0 Å². The van der Waals surface area contributed by atoms with Gasteiger partial charge in [0.25, 0.3) is 0 Å². The first kappa shape index (κ1) is 28.8. The van der Waals surface area contributed by atoms with E-state index in [0.29, 0.717) is 4.48 Å². The van der Waals surface area contributed by atoms with E-state index in [1.807, 2.05) is 21.1 Å². The van der Waals surface area contributed by atoms with E-state index in [1.54, 1.807) is 0 Å². The summed E-state index contributed by atoms with van der Waals surface area (Å²) in [7, 11) is 5.55. The van der Waals surface area contributed by atoms with E-state index in [9.17, 15) is 14.7 Å². The van der Waals surface area contributed by atoms with Gasteiger partial charge in [0, 0.05) is 6.42 Å². The molecular weight excluding hydrogens is 378 g/mol. The van der Waals surface area contributed by atoms with Gasteiger partial charge >= 0.3 is 5.97 Å². The lowest BCUT2D eigenvalue weighted by molar-refractivity contribution is -0.875. The molecule has 0 amide bonds. The van der Waals surface area contributed by atoms with Gasteiger partial charge in [0.1, 0.15) is 6.54 Å². The van der Waals surface area contributed by atoms with Crippen LogP contribution in [-0.4, -0.2) is 59.7 Å². The van der Waals surface area contributed by atoms with Crippen LogP contribution in [-0.2, 0) is 9.59 Å². The lowest BCUT2D eigenvalue weighted by atomic mass is 9.89. The van der Waals surface area contributed by atoms with Gasteiger partial charge in [-0.2, -0.15) is 0 Å². The number of carboxylic acids is 1. The number of nitrogens with zero attached hydrogens (tertiary/aromatic N) is 1. The molecule has 5 heteroatoms. The molecule has 0 aromatic rings. The summed E-state index contributed by atoms with van der Waals surface area (Å²) in [5.74, 6) is -1.47. The average molecular weight is 427 g/mol. The molecule has 30 heavy (non-hydrogen) atoms. The summed E-state index contributed by atoms with van der Waals surface area (Å²) in [6.45, 7) is 2.36. The summed E-state index contributed by atoms with van der Waals surface area (Å²) in [5, 5.41) is 19.7. The van der Waals surface area contributed by atoms with Gasteiger partial charge in [0.05, 0.1) is 27.6 Å². The van der Waals surface area contributed by atoms with E-state index in [-0.39, 0.29) is 18.7 Å². The number of hydrogen-bond acceptors (Lipinski definition) is 3. The van der Waals surface area contributed by atoms with E-state index in [4.69, 9.17) is 5.11 Å². The number of hydrogen-bond donors (Lipinski definition) is 2. The number of aliphatic hydroxyl groups is 1. The molecule has 0 spiro atoms. The maximum Gasteiger partial charge on any atom is 0.306 e. The second kappa shape index (κ2) is 16.5. The molecule has 0 aliphatic rings. The van der Waals surface area contributed by atoms with E-state index in [2.05, 4.69) is 19.1 Å². The van der Waals surface area contributed by atoms with Crippen LogP contribution in [0.15, 0.2) is 12.2 Å².